The van der Waals surface area contributed by atoms with E-state index in [0.717, 1.165) is 54.2 Å². The van der Waals surface area contributed by atoms with Gasteiger partial charge in [-0.2, -0.15) is 5.11 Å². The summed E-state index contributed by atoms with van der Waals surface area (Å²) in [6, 6.07) is 15.2. The summed E-state index contributed by atoms with van der Waals surface area (Å²) in [6.45, 7) is 7.06. The van der Waals surface area contributed by atoms with Crippen molar-refractivity contribution < 1.29 is 9.53 Å². The highest BCUT2D eigenvalue weighted by Crippen LogP contribution is 2.34. The molecule has 1 amide bonds. The van der Waals surface area contributed by atoms with Crippen LogP contribution in [0.3, 0.4) is 0 Å². The lowest BCUT2D eigenvalue weighted by Crippen LogP contribution is -2.44. The molecule has 0 radical (unpaired) electrons. The quantitative estimate of drug-likeness (QED) is 0.154. The molecule has 2 aromatic carbocycles. The van der Waals surface area contributed by atoms with Crippen molar-refractivity contribution in [1.29, 1.82) is 5.53 Å². The molecule has 2 aromatic heterocycles. The standard InChI is InChI=1S/C29H31N9O2/c1-4-27(39)34-19-11-13-38(14-12-19)26-10-8-23-28(36-26)29(33-17-32-23)35-20-5-9-25(18(2)15-20)40-21-6-7-22(31-3)24(16-21)37-30/h4-10,15-17,19,30-31H,1,11-14H2,2-3H3,(H,34,39)(H,32,33,35). The number of anilines is 4. The molecule has 3 heterocycles. The monoisotopic (exact) mass is 537 g/mol. The molecular weight excluding hydrogens is 506 g/mol. The van der Waals surface area contributed by atoms with Crippen LogP contribution >= 0.6 is 0 Å². The molecule has 0 saturated carbocycles. The molecule has 1 saturated heterocycles. The van der Waals surface area contributed by atoms with Gasteiger partial charge in [0.1, 0.15) is 34.8 Å². The lowest BCUT2D eigenvalue weighted by molar-refractivity contribution is -0.117. The molecule has 0 atom stereocenters. The largest absolute Gasteiger partial charge is 0.457 e. The van der Waals surface area contributed by atoms with Crippen LogP contribution in [0.2, 0.25) is 0 Å². The maximum absolute atomic E-state index is 11.6. The topological polar surface area (TPSA) is 141 Å². The van der Waals surface area contributed by atoms with Crippen LogP contribution in [0.25, 0.3) is 11.0 Å². The average molecular weight is 538 g/mol. The predicted octanol–water partition coefficient (Wildman–Crippen LogP) is 5.84. The summed E-state index contributed by atoms with van der Waals surface area (Å²) in [7, 11) is 1.79. The van der Waals surface area contributed by atoms with Crippen LogP contribution in [0, 0.1) is 12.5 Å². The Labute approximate surface area is 232 Å². The number of piperidine rings is 1. The van der Waals surface area contributed by atoms with E-state index in [1.165, 1.54) is 12.4 Å². The van der Waals surface area contributed by atoms with Crippen molar-refractivity contribution in [3.63, 3.8) is 0 Å². The molecule has 0 aliphatic carbocycles. The minimum atomic E-state index is -0.137. The fourth-order valence-electron chi connectivity index (χ4n) is 4.69. The molecule has 4 aromatic rings. The van der Waals surface area contributed by atoms with E-state index in [0.29, 0.717) is 28.5 Å². The van der Waals surface area contributed by atoms with Gasteiger partial charge < -0.3 is 25.6 Å². The van der Waals surface area contributed by atoms with Crippen molar-refractivity contribution in [2.24, 2.45) is 5.11 Å². The van der Waals surface area contributed by atoms with Gasteiger partial charge in [0.15, 0.2) is 5.82 Å². The zero-order valence-electron chi connectivity index (χ0n) is 22.4. The Morgan fingerprint density at radius 1 is 1.15 bits per heavy atom. The van der Waals surface area contributed by atoms with E-state index in [-0.39, 0.29) is 11.9 Å². The van der Waals surface area contributed by atoms with Crippen LogP contribution in [-0.4, -0.2) is 47.0 Å². The van der Waals surface area contributed by atoms with Crippen molar-refractivity contribution in [3.8, 4) is 11.5 Å². The van der Waals surface area contributed by atoms with Crippen LogP contribution in [-0.2, 0) is 4.79 Å². The van der Waals surface area contributed by atoms with Gasteiger partial charge in [-0.15, -0.1) is 0 Å². The smallest absolute Gasteiger partial charge is 0.243 e. The third-order valence-corrected chi connectivity index (χ3v) is 6.84. The molecule has 5 rings (SSSR count). The first-order chi connectivity index (χ1) is 19.5. The average Bonchev–Trinajstić information content (AvgIpc) is 2.98. The highest BCUT2D eigenvalue weighted by atomic mass is 16.5. The van der Waals surface area contributed by atoms with Gasteiger partial charge in [0.05, 0.1) is 11.2 Å². The number of benzene rings is 2. The maximum Gasteiger partial charge on any atom is 0.243 e. The van der Waals surface area contributed by atoms with Gasteiger partial charge in [-0.3, -0.25) is 4.79 Å². The van der Waals surface area contributed by atoms with E-state index in [9.17, 15) is 4.79 Å². The van der Waals surface area contributed by atoms with Gasteiger partial charge in [-0.25, -0.2) is 20.5 Å². The number of carbonyl (C=O) groups is 1. The molecule has 40 heavy (non-hydrogen) atoms. The summed E-state index contributed by atoms with van der Waals surface area (Å²) in [5.74, 6) is 2.61. The summed E-state index contributed by atoms with van der Waals surface area (Å²) in [6.07, 6.45) is 4.50. The number of aromatic nitrogens is 3. The van der Waals surface area contributed by atoms with Gasteiger partial charge in [-0.1, -0.05) is 6.58 Å². The zero-order valence-corrected chi connectivity index (χ0v) is 22.4. The van der Waals surface area contributed by atoms with E-state index >= 15 is 0 Å². The number of rotatable bonds is 9. The fourth-order valence-corrected chi connectivity index (χ4v) is 4.69. The van der Waals surface area contributed by atoms with Gasteiger partial charge in [-0.05, 0) is 73.9 Å². The van der Waals surface area contributed by atoms with Gasteiger partial charge >= 0.3 is 0 Å². The Hall–Kier alpha value is -5.06. The third kappa shape index (κ3) is 5.83. The third-order valence-electron chi connectivity index (χ3n) is 6.84. The number of nitrogens with one attached hydrogen (secondary N) is 4. The van der Waals surface area contributed by atoms with E-state index in [4.69, 9.17) is 15.3 Å². The van der Waals surface area contributed by atoms with Crippen molar-refractivity contribution in [3.05, 3.63) is 73.1 Å². The summed E-state index contributed by atoms with van der Waals surface area (Å²) in [4.78, 5) is 27.6. The van der Waals surface area contributed by atoms with E-state index in [1.54, 1.807) is 13.1 Å². The minimum absolute atomic E-state index is 0.137. The lowest BCUT2D eigenvalue weighted by Gasteiger charge is -2.33. The SMILES string of the molecule is C=CC(=O)NC1CCN(c2ccc3ncnc(Nc4ccc(Oc5ccc(NC)c(N=N)c5)c(C)c4)c3n2)CC1. The Bertz CT molecular complexity index is 1560. The highest BCUT2D eigenvalue weighted by Gasteiger charge is 2.21. The molecule has 1 fully saturated rings. The molecule has 0 spiro atoms. The molecule has 11 nitrogen and oxygen atoms in total. The number of hydrogen-bond donors (Lipinski definition) is 4. The van der Waals surface area contributed by atoms with Gasteiger partial charge in [0, 0.05) is 37.9 Å². The normalized spacial score (nSPS) is 13.5. The van der Waals surface area contributed by atoms with Crippen LogP contribution in [0.5, 0.6) is 11.5 Å². The van der Waals surface area contributed by atoms with E-state index in [2.05, 4.69) is 42.5 Å². The molecule has 1 aliphatic rings. The molecule has 11 heteroatoms. The van der Waals surface area contributed by atoms with Gasteiger partial charge in [0.25, 0.3) is 0 Å². The van der Waals surface area contributed by atoms with Gasteiger partial charge in [0.2, 0.25) is 5.91 Å². The number of carbonyl (C=O) groups excluding carboxylic acids is 1. The Balaban J connectivity index is 1.32. The number of ether oxygens (including phenoxy) is 1. The van der Waals surface area contributed by atoms with Crippen molar-refractivity contribution in [2.75, 3.05) is 35.7 Å². The molecule has 204 valence electrons. The summed E-state index contributed by atoms with van der Waals surface area (Å²) in [5.41, 5.74) is 11.8. The first kappa shape index (κ1) is 26.5. The summed E-state index contributed by atoms with van der Waals surface area (Å²) < 4.78 is 6.07. The van der Waals surface area contributed by atoms with Crippen molar-refractivity contribution >= 4 is 45.6 Å². The number of nitrogens with zero attached hydrogens (tertiary/aromatic N) is 5. The maximum atomic E-state index is 11.6. The van der Waals surface area contributed by atoms with Crippen molar-refractivity contribution in [1.82, 2.24) is 20.3 Å². The zero-order chi connectivity index (χ0) is 28.1. The van der Waals surface area contributed by atoms with E-state index < -0.39 is 0 Å². The number of amides is 1. The fraction of sp³-hybridized carbons (Fsp3) is 0.241. The molecule has 4 N–H and O–H groups in total. The number of fused-ring (bicyclic) bond motifs is 1. The van der Waals surface area contributed by atoms with Crippen LogP contribution in [0.1, 0.15) is 18.4 Å². The summed E-state index contributed by atoms with van der Waals surface area (Å²) >= 11 is 0. The summed E-state index contributed by atoms with van der Waals surface area (Å²) in [5, 5.41) is 12.9. The van der Waals surface area contributed by atoms with E-state index in [1.807, 2.05) is 49.4 Å². The number of hydrogen-bond acceptors (Lipinski definition) is 10. The Morgan fingerprint density at radius 3 is 2.70 bits per heavy atom. The first-order valence-corrected chi connectivity index (χ1v) is 13.0. The first-order valence-electron chi connectivity index (χ1n) is 13.0. The molecule has 1 aliphatic heterocycles. The minimum Gasteiger partial charge on any atom is -0.457 e. The second-order valence-electron chi connectivity index (χ2n) is 9.48. The van der Waals surface area contributed by atoms with Crippen LogP contribution in [0.4, 0.5) is 28.7 Å². The van der Waals surface area contributed by atoms with Crippen LogP contribution < -0.4 is 25.6 Å². The Kier molecular flexibility index (Phi) is 7.81. The highest BCUT2D eigenvalue weighted by molar-refractivity contribution is 5.88. The Morgan fingerprint density at radius 2 is 1.98 bits per heavy atom. The van der Waals surface area contributed by atoms with Crippen LogP contribution in [0.15, 0.2) is 72.6 Å². The second kappa shape index (κ2) is 11.8. The number of aryl methyl sites for hydroxylation is 1. The lowest BCUT2D eigenvalue weighted by atomic mass is 10.0. The molecule has 0 unspecified atom stereocenters. The molecule has 0 bridgehead atoms. The van der Waals surface area contributed by atoms with Crippen molar-refractivity contribution in [2.45, 2.75) is 25.8 Å². The number of pyridine rings is 1. The predicted molar refractivity (Wildman–Crippen MR) is 156 cm³/mol. The second-order valence-corrected chi connectivity index (χ2v) is 9.48. The molecular formula is C29H31N9O2.